The Kier molecular flexibility index (Phi) is 5.71. The Hall–Kier alpha value is -1.74. The topological polar surface area (TPSA) is 51.2 Å². The van der Waals surface area contributed by atoms with Gasteiger partial charge in [0, 0.05) is 22.8 Å². The van der Waals surface area contributed by atoms with Gasteiger partial charge in [-0.25, -0.2) is 0 Å². The zero-order valence-corrected chi connectivity index (χ0v) is 16.6. The van der Waals surface area contributed by atoms with Gasteiger partial charge in [0.05, 0.1) is 5.92 Å². The minimum absolute atomic E-state index is 0.0621. The third kappa shape index (κ3) is 4.76. The molecule has 1 amide bonds. The van der Waals surface area contributed by atoms with Gasteiger partial charge in [0.15, 0.2) is 4.93 Å². The van der Waals surface area contributed by atoms with Gasteiger partial charge >= 0.3 is 6.18 Å². The van der Waals surface area contributed by atoms with Gasteiger partial charge in [-0.15, -0.1) is 11.8 Å². The molecule has 0 saturated heterocycles. The van der Waals surface area contributed by atoms with E-state index in [-0.39, 0.29) is 11.6 Å². The van der Waals surface area contributed by atoms with Crippen LogP contribution in [0.5, 0.6) is 5.75 Å². The van der Waals surface area contributed by atoms with Crippen LogP contribution in [0.2, 0.25) is 0 Å². The summed E-state index contributed by atoms with van der Waals surface area (Å²) >= 11 is 4.89. The van der Waals surface area contributed by atoms with Crippen LogP contribution in [0.15, 0.2) is 47.1 Å². The maximum atomic E-state index is 12.8. The number of carbonyl (C=O) groups is 1. The van der Waals surface area contributed by atoms with E-state index >= 15 is 0 Å². The SMILES string of the molecule is CCSC1(Oc2cccc(Br)c2)CC1C(=O)Nc1ccnc(C(F)(F)F)c1. The number of ether oxygens (including phenoxy) is 1. The van der Waals surface area contributed by atoms with Crippen molar-refractivity contribution in [2.24, 2.45) is 5.92 Å². The van der Waals surface area contributed by atoms with E-state index in [2.05, 4.69) is 26.2 Å². The molecule has 0 spiro atoms. The third-order valence-corrected chi connectivity index (χ3v) is 5.77. The van der Waals surface area contributed by atoms with E-state index in [1.807, 2.05) is 25.1 Å². The lowest BCUT2D eigenvalue weighted by Gasteiger charge is -2.19. The first-order valence-corrected chi connectivity index (χ1v) is 9.94. The first kappa shape index (κ1) is 20.0. The molecule has 1 fully saturated rings. The minimum atomic E-state index is -4.56. The highest BCUT2D eigenvalue weighted by molar-refractivity contribution is 9.10. The van der Waals surface area contributed by atoms with Gasteiger partial charge < -0.3 is 10.1 Å². The monoisotopic (exact) mass is 460 g/mol. The van der Waals surface area contributed by atoms with Crippen molar-refractivity contribution in [1.82, 2.24) is 4.98 Å². The number of anilines is 1. The number of nitrogens with one attached hydrogen (secondary N) is 1. The molecule has 1 aromatic carbocycles. The highest BCUT2D eigenvalue weighted by Crippen LogP contribution is 2.55. The molecule has 1 aliphatic rings. The second kappa shape index (κ2) is 7.71. The van der Waals surface area contributed by atoms with Crippen LogP contribution in [0.4, 0.5) is 18.9 Å². The van der Waals surface area contributed by atoms with E-state index in [4.69, 9.17) is 4.74 Å². The fourth-order valence-corrected chi connectivity index (χ4v) is 4.30. The Morgan fingerprint density at radius 2 is 2.19 bits per heavy atom. The molecular formula is C18H16BrF3N2O2S. The van der Waals surface area contributed by atoms with E-state index in [1.54, 1.807) is 6.07 Å². The molecule has 4 nitrogen and oxygen atoms in total. The van der Waals surface area contributed by atoms with E-state index in [1.165, 1.54) is 17.8 Å². The second-order valence-corrected chi connectivity index (χ2v) is 8.45. The molecule has 0 aliphatic heterocycles. The quantitative estimate of drug-likeness (QED) is 0.590. The van der Waals surface area contributed by atoms with Crippen LogP contribution < -0.4 is 10.1 Å². The number of amides is 1. The molecule has 3 rings (SSSR count). The van der Waals surface area contributed by atoms with Crippen molar-refractivity contribution in [2.45, 2.75) is 24.5 Å². The molecule has 1 N–H and O–H groups in total. The van der Waals surface area contributed by atoms with Crippen LogP contribution in [0.25, 0.3) is 0 Å². The fourth-order valence-electron chi connectivity index (χ4n) is 2.69. The van der Waals surface area contributed by atoms with Crippen LogP contribution in [0.3, 0.4) is 0 Å². The highest BCUT2D eigenvalue weighted by atomic mass is 79.9. The average molecular weight is 461 g/mol. The number of carbonyl (C=O) groups excluding carboxylic acids is 1. The van der Waals surface area contributed by atoms with Gasteiger partial charge in [-0.1, -0.05) is 28.9 Å². The van der Waals surface area contributed by atoms with Crippen LogP contribution in [-0.2, 0) is 11.0 Å². The predicted octanol–water partition coefficient (Wildman–Crippen LogP) is 5.35. The normalized spacial score (nSPS) is 21.6. The molecule has 1 aromatic heterocycles. The Bertz CT molecular complexity index is 849. The van der Waals surface area contributed by atoms with Gasteiger partial charge in [-0.3, -0.25) is 9.78 Å². The molecule has 1 aliphatic carbocycles. The zero-order valence-electron chi connectivity index (χ0n) is 14.2. The third-order valence-electron chi connectivity index (χ3n) is 3.97. The molecule has 1 saturated carbocycles. The van der Waals surface area contributed by atoms with Crippen molar-refractivity contribution in [3.63, 3.8) is 0 Å². The number of alkyl halides is 3. The summed E-state index contributed by atoms with van der Waals surface area (Å²) < 4.78 is 45.2. The molecule has 2 aromatic rings. The number of nitrogens with zero attached hydrogens (tertiary/aromatic N) is 1. The number of benzene rings is 1. The summed E-state index contributed by atoms with van der Waals surface area (Å²) in [7, 11) is 0. The van der Waals surface area contributed by atoms with Gasteiger partial charge in [-0.2, -0.15) is 13.2 Å². The molecular weight excluding hydrogens is 445 g/mol. The van der Waals surface area contributed by atoms with Crippen molar-refractivity contribution >= 4 is 39.3 Å². The molecule has 0 radical (unpaired) electrons. The number of halogens is 4. The van der Waals surface area contributed by atoms with E-state index in [9.17, 15) is 18.0 Å². The second-order valence-electron chi connectivity index (χ2n) is 5.98. The Morgan fingerprint density at radius 3 is 2.85 bits per heavy atom. The standard InChI is InChI=1S/C18H16BrF3N2O2S/c1-2-27-17(26-13-5-3-4-11(19)8-13)10-14(17)16(25)24-12-6-7-23-15(9-12)18(20,21)22/h3-9,14H,2,10H2,1H3,(H,23,24,25). The van der Waals surface area contributed by atoms with Gasteiger partial charge in [0.25, 0.3) is 0 Å². The first-order chi connectivity index (χ1) is 12.7. The summed E-state index contributed by atoms with van der Waals surface area (Å²) in [6.07, 6.45) is -3.05. The van der Waals surface area contributed by atoms with Crippen molar-refractivity contribution in [1.29, 1.82) is 0 Å². The zero-order chi connectivity index (χ0) is 19.7. The maximum Gasteiger partial charge on any atom is 0.433 e. The summed E-state index contributed by atoms with van der Waals surface area (Å²) in [6.45, 7) is 1.96. The molecule has 27 heavy (non-hydrogen) atoms. The summed E-state index contributed by atoms with van der Waals surface area (Å²) in [5, 5.41) is 2.55. The Balaban J connectivity index is 1.72. The van der Waals surface area contributed by atoms with Crippen molar-refractivity contribution in [3.8, 4) is 5.75 Å². The van der Waals surface area contributed by atoms with Crippen molar-refractivity contribution < 1.29 is 22.7 Å². The van der Waals surface area contributed by atoms with E-state index in [0.29, 0.717) is 12.2 Å². The lowest BCUT2D eigenvalue weighted by Crippen LogP contribution is -2.25. The number of pyridine rings is 1. The predicted molar refractivity (Wildman–Crippen MR) is 102 cm³/mol. The summed E-state index contributed by atoms with van der Waals surface area (Å²) in [5.41, 5.74) is -0.984. The van der Waals surface area contributed by atoms with Gasteiger partial charge in [-0.05, 0) is 36.1 Å². The number of rotatable bonds is 6. The van der Waals surface area contributed by atoms with Crippen molar-refractivity contribution in [3.05, 3.63) is 52.8 Å². The Labute approximate surface area is 167 Å². The van der Waals surface area contributed by atoms with Gasteiger partial charge in [0.1, 0.15) is 11.4 Å². The Morgan fingerprint density at radius 1 is 1.41 bits per heavy atom. The maximum absolute atomic E-state index is 12.8. The van der Waals surface area contributed by atoms with Crippen molar-refractivity contribution in [2.75, 3.05) is 11.1 Å². The van der Waals surface area contributed by atoms with Crippen LogP contribution in [0, 0.1) is 5.92 Å². The molecule has 2 unspecified atom stereocenters. The molecule has 0 bridgehead atoms. The highest BCUT2D eigenvalue weighted by Gasteiger charge is 2.61. The van der Waals surface area contributed by atoms with Gasteiger partial charge in [0.2, 0.25) is 5.91 Å². The molecule has 144 valence electrons. The number of aromatic nitrogens is 1. The number of thioether (sulfide) groups is 1. The minimum Gasteiger partial charge on any atom is -0.476 e. The van der Waals surface area contributed by atoms with Crippen LogP contribution >= 0.6 is 27.7 Å². The number of hydrogen-bond donors (Lipinski definition) is 1. The summed E-state index contributed by atoms with van der Waals surface area (Å²) in [6, 6.07) is 9.46. The van der Waals surface area contributed by atoms with Crippen LogP contribution in [0.1, 0.15) is 19.0 Å². The lowest BCUT2D eigenvalue weighted by molar-refractivity contribution is -0.141. The van der Waals surface area contributed by atoms with Crippen LogP contribution in [-0.4, -0.2) is 21.6 Å². The summed E-state index contributed by atoms with van der Waals surface area (Å²) in [5.74, 6) is 0.545. The number of hydrogen-bond acceptors (Lipinski definition) is 4. The largest absolute Gasteiger partial charge is 0.476 e. The smallest absolute Gasteiger partial charge is 0.433 e. The molecule has 9 heteroatoms. The summed E-state index contributed by atoms with van der Waals surface area (Å²) in [4.78, 5) is 15.2. The average Bonchev–Trinajstić information content (AvgIpc) is 3.28. The van der Waals surface area contributed by atoms with E-state index in [0.717, 1.165) is 22.5 Å². The lowest BCUT2D eigenvalue weighted by atomic mass is 10.3. The first-order valence-electron chi connectivity index (χ1n) is 8.16. The molecule has 1 heterocycles. The van der Waals surface area contributed by atoms with E-state index < -0.39 is 22.7 Å². The fraction of sp³-hybridized carbons (Fsp3) is 0.333. The molecule has 2 atom stereocenters.